The first-order valence-corrected chi connectivity index (χ1v) is 10.2. The van der Waals surface area contributed by atoms with Crippen LogP contribution in [-0.2, 0) is 25.8 Å². The molecule has 3 amide bonds. The van der Waals surface area contributed by atoms with Crippen molar-refractivity contribution in [3.8, 4) is 0 Å². The highest BCUT2D eigenvalue weighted by Crippen LogP contribution is 2.25. The summed E-state index contributed by atoms with van der Waals surface area (Å²) >= 11 is 0. The minimum Gasteiger partial charge on any atom is -0.366 e. The lowest BCUT2D eigenvalue weighted by Crippen LogP contribution is -2.30. The topological polar surface area (TPSA) is 87.5 Å². The molecule has 0 aliphatic heterocycles. The summed E-state index contributed by atoms with van der Waals surface area (Å²) in [4.78, 5) is 26.4. The van der Waals surface area contributed by atoms with Crippen LogP contribution in [0, 0.1) is 0 Å². The Hall–Kier alpha value is -2.86. The van der Waals surface area contributed by atoms with Gasteiger partial charge in [-0.25, -0.2) is 4.79 Å². The third kappa shape index (κ3) is 5.57. The fourth-order valence-electron chi connectivity index (χ4n) is 3.89. The highest BCUT2D eigenvalue weighted by atomic mass is 16.2. The molecular weight excluding hydrogens is 364 g/mol. The van der Waals surface area contributed by atoms with E-state index >= 15 is 0 Å². The second kappa shape index (κ2) is 9.56. The van der Waals surface area contributed by atoms with Crippen molar-refractivity contribution in [3.63, 3.8) is 0 Å². The smallest absolute Gasteiger partial charge is 0.319 e. The van der Waals surface area contributed by atoms with Crippen LogP contribution in [0.25, 0.3) is 0 Å². The molecule has 0 radical (unpaired) electrons. The Kier molecular flexibility index (Phi) is 6.88. The number of carbonyl (C=O) groups is 2. The van der Waals surface area contributed by atoms with E-state index in [0.717, 1.165) is 49.0 Å². The number of anilines is 1. The first-order valence-electron chi connectivity index (χ1n) is 10.2. The molecule has 2 aromatic carbocycles. The molecule has 3 rings (SSSR count). The number of carbonyl (C=O) groups excluding carboxylic acids is 2. The standard InChI is InChI=1S/C23H30N4O2/c1-27(2)13-5-9-17-7-4-10-20(22(24)28)21(17)15-25-23(29)26-19-12-11-16-6-3-8-18(16)14-19/h4,7,10-12,14H,3,5-6,8-9,13,15H2,1-2H3,(H2,24,28)(H2,25,26,29). The van der Waals surface area contributed by atoms with Crippen LogP contribution in [-0.4, -0.2) is 37.5 Å². The maximum atomic E-state index is 12.4. The van der Waals surface area contributed by atoms with Crippen LogP contribution in [0.4, 0.5) is 10.5 Å². The molecule has 0 atom stereocenters. The summed E-state index contributed by atoms with van der Waals surface area (Å²) in [6.45, 7) is 1.21. The number of nitrogens with two attached hydrogens (primary N) is 1. The van der Waals surface area contributed by atoms with Crippen LogP contribution in [0.3, 0.4) is 0 Å². The fourth-order valence-corrected chi connectivity index (χ4v) is 3.89. The molecule has 0 aromatic heterocycles. The summed E-state index contributed by atoms with van der Waals surface area (Å²) < 4.78 is 0. The average Bonchev–Trinajstić information content (AvgIpc) is 3.14. The molecule has 0 bridgehead atoms. The van der Waals surface area contributed by atoms with Gasteiger partial charge in [0.25, 0.3) is 0 Å². The molecular formula is C23H30N4O2. The van der Waals surface area contributed by atoms with Gasteiger partial charge in [0.1, 0.15) is 0 Å². The monoisotopic (exact) mass is 394 g/mol. The lowest BCUT2D eigenvalue weighted by molar-refractivity contribution is 0.0999. The van der Waals surface area contributed by atoms with Crippen molar-refractivity contribution in [2.45, 2.75) is 38.6 Å². The van der Waals surface area contributed by atoms with Gasteiger partial charge in [0.15, 0.2) is 0 Å². The Bertz CT molecular complexity index is 892. The van der Waals surface area contributed by atoms with E-state index in [1.807, 2.05) is 38.4 Å². The van der Waals surface area contributed by atoms with Crippen molar-refractivity contribution in [1.29, 1.82) is 0 Å². The van der Waals surface area contributed by atoms with E-state index in [4.69, 9.17) is 5.73 Å². The molecule has 0 unspecified atom stereocenters. The number of amides is 3. The van der Waals surface area contributed by atoms with Crippen LogP contribution in [0.1, 0.15) is 45.5 Å². The lowest BCUT2D eigenvalue weighted by Gasteiger charge is -2.16. The van der Waals surface area contributed by atoms with Gasteiger partial charge in [0.05, 0.1) is 0 Å². The number of hydrogen-bond acceptors (Lipinski definition) is 3. The zero-order valence-corrected chi connectivity index (χ0v) is 17.3. The number of benzene rings is 2. The molecule has 0 fully saturated rings. The van der Waals surface area contributed by atoms with Gasteiger partial charge in [0, 0.05) is 17.8 Å². The number of rotatable bonds is 8. The summed E-state index contributed by atoms with van der Waals surface area (Å²) in [5.74, 6) is -0.477. The van der Waals surface area contributed by atoms with Crippen LogP contribution < -0.4 is 16.4 Å². The van der Waals surface area contributed by atoms with E-state index in [2.05, 4.69) is 21.6 Å². The van der Waals surface area contributed by atoms with E-state index in [1.165, 1.54) is 17.5 Å². The second-order valence-corrected chi connectivity index (χ2v) is 7.86. The number of urea groups is 1. The molecule has 29 heavy (non-hydrogen) atoms. The van der Waals surface area contributed by atoms with Crippen LogP contribution in [0.2, 0.25) is 0 Å². The minimum absolute atomic E-state index is 0.257. The Morgan fingerprint density at radius 3 is 2.66 bits per heavy atom. The summed E-state index contributed by atoms with van der Waals surface area (Å²) in [7, 11) is 4.07. The van der Waals surface area contributed by atoms with E-state index in [-0.39, 0.29) is 12.6 Å². The third-order valence-corrected chi connectivity index (χ3v) is 5.37. The normalized spacial score (nSPS) is 12.7. The predicted octanol–water partition coefficient (Wildman–Crippen LogP) is 3.09. The van der Waals surface area contributed by atoms with Crippen molar-refractivity contribution in [3.05, 3.63) is 64.2 Å². The lowest BCUT2D eigenvalue weighted by atomic mass is 9.97. The van der Waals surface area contributed by atoms with Gasteiger partial charge in [0.2, 0.25) is 5.91 Å². The number of fused-ring (bicyclic) bond motifs is 1. The van der Waals surface area contributed by atoms with Crippen molar-refractivity contribution in [2.75, 3.05) is 26.0 Å². The maximum Gasteiger partial charge on any atom is 0.319 e. The quantitative estimate of drug-likeness (QED) is 0.643. The summed E-state index contributed by atoms with van der Waals surface area (Å²) in [6, 6.07) is 11.3. The van der Waals surface area contributed by atoms with Gasteiger partial charge in [-0.05, 0) is 93.2 Å². The van der Waals surface area contributed by atoms with E-state index in [1.54, 1.807) is 6.07 Å². The maximum absolute atomic E-state index is 12.4. The van der Waals surface area contributed by atoms with Crippen LogP contribution >= 0.6 is 0 Å². The number of hydrogen-bond donors (Lipinski definition) is 3. The van der Waals surface area contributed by atoms with Gasteiger partial charge < -0.3 is 21.3 Å². The molecule has 0 heterocycles. The van der Waals surface area contributed by atoms with Crippen LogP contribution in [0.5, 0.6) is 0 Å². The zero-order valence-electron chi connectivity index (χ0n) is 17.3. The second-order valence-electron chi connectivity index (χ2n) is 7.86. The largest absolute Gasteiger partial charge is 0.366 e. The molecule has 154 valence electrons. The van der Waals surface area contributed by atoms with Gasteiger partial charge in [-0.2, -0.15) is 0 Å². The van der Waals surface area contributed by atoms with Crippen molar-refractivity contribution in [1.82, 2.24) is 10.2 Å². The molecule has 6 heteroatoms. The summed E-state index contributed by atoms with van der Waals surface area (Å²) in [5.41, 5.74) is 11.3. The first kappa shape index (κ1) is 20.9. The van der Waals surface area contributed by atoms with E-state index < -0.39 is 5.91 Å². The molecule has 0 saturated carbocycles. The van der Waals surface area contributed by atoms with Gasteiger partial charge in [-0.15, -0.1) is 0 Å². The predicted molar refractivity (Wildman–Crippen MR) is 116 cm³/mol. The number of nitrogens with one attached hydrogen (secondary N) is 2. The molecule has 1 aliphatic carbocycles. The highest BCUT2D eigenvalue weighted by molar-refractivity contribution is 5.95. The van der Waals surface area contributed by atoms with E-state index in [0.29, 0.717) is 5.56 Å². The SMILES string of the molecule is CN(C)CCCc1cccc(C(N)=O)c1CNC(=O)Nc1ccc2c(c1)CCC2. The molecule has 1 aliphatic rings. The molecule has 2 aromatic rings. The van der Waals surface area contributed by atoms with Gasteiger partial charge in [-0.3, -0.25) is 4.79 Å². The number of nitrogens with zero attached hydrogens (tertiary/aromatic N) is 1. The Balaban J connectivity index is 1.66. The first-order chi connectivity index (χ1) is 13.9. The Morgan fingerprint density at radius 1 is 1.10 bits per heavy atom. The Labute approximate surface area is 172 Å². The third-order valence-electron chi connectivity index (χ3n) is 5.37. The number of aryl methyl sites for hydroxylation is 3. The van der Waals surface area contributed by atoms with Gasteiger partial charge >= 0.3 is 6.03 Å². The van der Waals surface area contributed by atoms with Crippen molar-refractivity contribution >= 4 is 17.6 Å². The average molecular weight is 395 g/mol. The highest BCUT2D eigenvalue weighted by Gasteiger charge is 2.15. The summed E-state index contributed by atoms with van der Waals surface area (Å²) in [6.07, 6.45) is 5.13. The molecule has 0 spiro atoms. The minimum atomic E-state index is -0.477. The molecule has 6 nitrogen and oxygen atoms in total. The number of primary amides is 1. The molecule has 4 N–H and O–H groups in total. The summed E-state index contributed by atoms with van der Waals surface area (Å²) in [5, 5.41) is 5.78. The van der Waals surface area contributed by atoms with Crippen molar-refractivity contribution < 1.29 is 9.59 Å². The Morgan fingerprint density at radius 2 is 1.90 bits per heavy atom. The van der Waals surface area contributed by atoms with E-state index in [9.17, 15) is 9.59 Å². The van der Waals surface area contributed by atoms with Crippen LogP contribution in [0.15, 0.2) is 36.4 Å². The molecule has 0 saturated heterocycles. The van der Waals surface area contributed by atoms with Gasteiger partial charge in [-0.1, -0.05) is 18.2 Å². The van der Waals surface area contributed by atoms with Crippen molar-refractivity contribution in [2.24, 2.45) is 5.73 Å². The zero-order chi connectivity index (χ0) is 20.8. The fraction of sp³-hybridized carbons (Fsp3) is 0.391.